The zero-order chi connectivity index (χ0) is 25.5. The average Bonchev–Trinajstić information content (AvgIpc) is 2.90. The van der Waals surface area contributed by atoms with Crippen molar-refractivity contribution in [3.63, 3.8) is 0 Å². The minimum Gasteiger partial charge on any atom is -0.483 e. The summed E-state index contributed by atoms with van der Waals surface area (Å²) < 4.78 is 20.2. The molecule has 1 N–H and O–H groups in total. The molecule has 1 aliphatic carbocycles. The van der Waals surface area contributed by atoms with Crippen molar-refractivity contribution >= 4 is 38.5 Å². The summed E-state index contributed by atoms with van der Waals surface area (Å²) in [7, 11) is 0. The van der Waals surface area contributed by atoms with Crippen molar-refractivity contribution in [2.75, 3.05) is 6.61 Å². The normalized spacial score (nSPS) is 14.9. The molecule has 36 heavy (non-hydrogen) atoms. The lowest BCUT2D eigenvalue weighted by molar-refractivity contribution is -0.143. The summed E-state index contributed by atoms with van der Waals surface area (Å²) >= 11 is 3.60. The zero-order valence-electron chi connectivity index (χ0n) is 20.5. The molecule has 1 fully saturated rings. The van der Waals surface area contributed by atoms with Crippen molar-refractivity contribution < 1.29 is 18.7 Å². The van der Waals surface area contributed by atoms with Gasteiger partial charge < -0.3 is 15.0 Å². The fourth-order valence-corrected chi connectivity index (χ4v) is 5.41. The second-order valence-corrected chi connectivity index (χ2v) is 10.1. The average molecular weight is 555 g/mol. The van der Waals surface area contributed by atoms with Crippen molar-refractivity contribution in [1.29, 1.82) is 0 Å². The summed E-state index contributed by atoms with van der Waals surface area (Å²) in [6, 6.07) is 17.2. The van der Waals surface area contributed by atoms with Crippen LogP contribution in [0.25, 0.3) is 10.8 Å². The van der Waals surface area contributed by atoms with Gasteiger partial charge in [0, 0.05) is 12.6 Å². The van der Waals surface area contributed by atoms with E-state index in [1.807, 2.05) is 43.3 Å². The van der Waals surface area contributed by atoms with Gasteiger partial charge in [-0.3, -0.25) is 9.59 Å². The van der Waals surface area contributed by atoms with Gasteiger partial charge in [0.1, 0.15) is 17.6 Å². The molecule has 1 saturated carbocycles. The minimum atomic E-state index is -0.645. The highest BCUT2D eigenvalue weighted by molar-refractivity contribution is 9.10. The number of halogens is 2. The van der Waals surface area contributed by atoms with Gasteiger partial charge in [0.25, 0.3) is 5.91 Å². The van der Waals surface area contributed by atoms with Crippen LogP contribution in [0.2, 0.25) is 0 Å². The first-order valence-corrected chi connectivity index (χ1v) is 13.4. The molecule has 3 aromatic rings. The molecule has 190 valence electrons. The van der Waals surface area contributed by atoms with E-state index in [9.17, 15) is 14.0 Å². The van der Waals surface area contributed by atoms with Crippen LogP contribution in [0.5, 0.6) is 5.75 Å². The number of hydrogen-bond acceptors (Lipinski definition) is 3. The summed E-state index contributed by atoms with van der Waals surface area (Å²) in [6.45, 7) is 1.88. The maximum atomic E-state index is 13.5. The SMILES string of the molecule is CC[C@@H](C(=O)NC1CCCCC1)N(Cc1ccc(F)cc1)C(=O)COc1ccc2ccccc2c1Br. The number of ether oxygens (including phenoxy) is 1. The molecule has 2 amide bonds. The molecule has 1 atom stereocenters. The summed E-state index contributed by atoms with van der Waals surface area (Å²) in [5, 5.41) is 5.21. The maximum absolute atomic E-state index is 13.5. The smallest absolute Gasteiger partial charge is 0.261 e. The molecule has 3 aromatic carbocycles. The van der Waals surface area contributed by atoms with Crippen molar-refractivity contribution in [3.05, 3.63) is 76.5 Å². The summed E-state index contributed by atoms with van der Waals surface area (Å²) in [4.78, 5) is 28.3. The number of nitrogens with one attached hydrogen (secondary N) is 1. The third-order valence-electron chi connectivity index (χ3n) is 6.78. The third kappa shape index (κ3) is 6.44. The van der Waals surface area contributed by atoms with E-state index in [-0.39, 0.29) is 36.8 Å². The Morgan fingerprint density at radius 2 is 1.78 bits per heavy atom. The zero-order valence-corrected chi connectivity index (χ0v) is 22.1. The number of rotatable bonds is 9. The van der Waals surface area contributed by atoms with Crippen LogP contribution in [0.15, 0.2) is 65.1 Å². The largest absolute Gasteiger partial charge is 0.483 e. The number of carbonyl (C=O) groups is 2. The summed E-state index contributed by atoms with van der Waals surface area (Å²) in [5.74, 6) is -0.233. The molecule has 0 bridgehead atoms. The molecular formula is C29H32BrFN2O3. The molecule has 0 aromatic heterocycles. The number of fused-ring (bicyclic) bond motifs is 1. The lowest BCUT2D eigenvalue weighted by Gasteiger charge is -2.32. The monoisotopic (exact) mass is 554 g/mol. The highest BCUT2D eigenvalue weighted by atomic mass is 79.9. The van der Waals surface area contributed by atoms with Crippen molar-refractivity contribution in [1.82, 2.24) is 10.2 Å². The Morgan fingerprint density at radius 3 is 2.50 bits per heavy atom. The molecule has 0 heterocycles. The van der Waals surface area contributed by atoms with Crippen LogP contribution < -0.4 is 10.1 Å². The maximum Gasteiger partial charge on any atom is 0.261 e. The molecule has 5 nitrogen and oxygen atoms in total. The fraction of sp³-hybridized carbons (Fsp3) is 0.379. The number of nitrogens with zero attached hydrogens (tertiary/aromatic N) is 1. The Bertz CT molecular complexity index is 1190. The van der Waals surface area contributed by atoms with Gasteiger partial charge in [-0.15, -0.1) is 0 Å². The molecule has 1 aliphatic rings. The Kier molecular flexibility index (Phi) is 8.97. The van der Waals surface area contributed by atoms with Crippen molar-refractivity contribution in [2.24, 2.45) is 0 Å². The van der Waals surface area contributed by atoms with Crippen LogP contribution >= 0.6 is 15.9 Å². The van der Waals surface area contributed by atoms with Gasteiger partial charge in [0.15, 0.2) is 6.61 Å². The fourth-order valence-electron chi connectivity index (χ4n) is 4.80. The Balaban J connectivity index is 1.52. The Hall–Kier alpha value is -2.93. The summed E-state index contributed by atoms with van der Waals surface area (Å²) in [5.41, 5.74) is 0.751. The van der Waals surface area contributed by atoms with Crippen LogP contribution in [-0.2, 0) is 16.1 Å². The molecule has 0 aliphatic heterocycles. The second-order valence-electron chi connectivity index (χ2n) is 9.30. The molecular weight excluding hydrogens is 523 g/mol. The topological polar surface area (TPSA) is 58.6 Å². The summed E-state index contributed by atoms with van der Waals surface area (Å²) in [6.07, 6.45) is 5.80. The third-order valence-corrected chi connectivity index (χ3v) is 7.60. The van der Waals surface area contributed by atoms with Gasteiger partial charge in [0.05, 0.1) is 4.47 Å². The predicted molar refractivity (Wildman–Crippen MR) is 143 cm³/mol. The lowest BCUT2D eigenvalue weighted by atomic mass is 9.95. The number of amides is 2. The van der Waals surface area contributed by atoms with Gasteiger partial charge in [-0.05, 0) is 69.7 Å². The van der Waals surface area contributed by atoms with E-state index >= 15 is 0 Å². The Morgan fingerprint density at radius 1 is 1.06 bits per heavy atom. The van der Waals surface area contributed by atoms with E-state index in [0.717, 1.165) is 46.5 Å². The van der Waals surface area contributed by atoms with Crippen LogP contribution in [0.3, 0.4) is 0 Å². The van der Waals surface area contributed by atoms with Crippen LogP contribution in [0.4, 0.5) is 4.39 Å². The van der Waals surface area contributed by atoms with Gasteiger partial charge in [-0.1, -0.05) is 68.7 Å². The second kappa shape index (κ2) is 12.3. The van der Waals surface area contributed by atoms with Crippen molar-refractivity contribution in [3.8, 4) is 5.75 Å². The number of carbonyl (C=O) groups excluding carboxylic acids is 2. The molecule has 0 saturated heterocycles. The van der Waals surface area contributed by atoms with Gasteiger partial charge in [-0.2, -0.15) is 0 Å². The van der Waals surface area contributed by atoms with Crippen LogP contribution in [-0.4, -0.2) is 35.4 Å². The van der Waals surface area contributed by atoms with Crippen LogP contribution in [0.1, 0.15) is 51.0 Å². The highest BCUT2D eigenvalue weighted by Gasteiger charge is 2.30. The first-order valence-electron chi connectivity index (χ1n) is 12.6. The molecule has 0 radical (unpaired) electrons. The first kappa shape index (κ1) is 26.1. The van der Waals surface area contributed by atoms with E-state index in [1.165, 1.54) is 18.6 Å². The highest BCUT2D eigenvalue weighted by Crippen LogP contribution is 2.33. The van der Waals surface area contributed by atoms with E-state index < -0.39 is 6.04 Å². The molecule has 4 rings (SSSR count). The quantitative estimate of drug-likeness (QED) is 0.334. The predicted octanol–water partition coefficient (Wildman–Crippen LogP) is 6.38. The number of benzene rings is 3. The van der Waals surface area contributed by atoms with Gasteiger partial charge >= 0.3 is 0 Å². The number of hydrogen-bond donors (Lipinski definition) is 1. The van der Waals surface area contributed by atoms with Gasteiger partial charge in [-0.25, -0.2) is 4.39 Å². The Labute approximate surface area is 220 Å². The van der Waals surface area contributed by atoms with Crippen molar-refractivity contribution in [2.45, 2.75) is 64.1 Å². The van der Waals surface area contributed by atoms with Gasteiger partial charge in [0.2, 0.25) is 5.91 Å². The van der Waals surface area contributed by atoms with Crippen LogP contribution in [0, 0.1) is 5.82 Å². The minimum absolute atomic E-state index is 0.146. The van der Waals surface area contributed by atoms with E-state index in [2.05, 4.69) is 21.2 Å². The molecule has 0 spiro atoms. The molecule has 0 unspecified atom stereocenters. The van der Waals surface area contributed by atoms with E-state index in [0.29, 0.717) is 12.2 Å². The lowest BCUT2D eigenvalue weighted by Crippen LogP contribution is -2.52. The van der Waals surface area contributed by atoms with E-state index in [4.69, 9.17) is 4.74 Å². The standard InChI is InChI=1S/C29H32BrFN2O3/c1-2-25(29(35)32-23-9-4-3-5-10-23)33(18-20-12-15-22(31)16-13-20)27(34)19-36-26-17-14-21-8-6-7-11-24(21)28(26)30/h6-8,11-17,23,25H,2-5,9-10,18-19H2,1H3,(H,32,35)/t25-/m0/s1. The van der Waals surface area contributed by atoms with E-state index in [1.54, 1.807) is 17.0 Å². The first-order chi connectivity index (χ1) is 17.5. The molecule has 7 heteroatoms.